The number of thiazole rings is 1. The minimum Gasteiger partial charge on any atom is -0.493 e. The number of nitrogens with zero attached hydrogens (tertiary/aromatic N) is 1. The molecule has 186 valence electrons. The predicted octanol–water partition coefficient (Wildman–Crippen LogP) is 4.24. The molecule has 3 rings (SSSR count). The first-order valence-electron chi connectivity index (χ1n) is 11.0. The van der Waals surface area contributed by atoms with Crippen LogP contribution in [-0.4, -0.2) is 37.6 Å². The number of carbonyl (C=O) groups is 2. The molecule has 0 aliphatic rings. The van der Waals surface area contributed by atoms with Crippen molar-refractivity contribution in [2.45, 2.75) is 26.9 Å². The Morgan fingerprint density at radius 3 is 1.94 bits per heavy atom. The van der Waals surface area contributed by atoms with E-state index in [1.54, 1.807) is 35.8 Å². The molecular weight excluding hydrogens is 470 g/mol. The van der Waals surface area contributed by atoms with Crippen LogP contribution in [0.5, 0.6) is 23.0 Å². The lowest BCUT2D eigenvalue weighted by molar-refractivity contribution is 0.0846. The molecule has 1 aromatic heterocycles. The maximum atomic E-state index is 12.6. The van der Waals surface area contributed by atoms with E-state index in [-0.39, 0.29) is 12.2 Å². The van der Waals surface area contributed by atoms with E-state index >= 15 is 0 Å². The number of methoxy groups -OCH3 is 2. The smallest absolute Gasteiger partial charge is 0.269 e. The van der Waals surface area contributed by atoms with Gasteiger partial charge in [0, 0.05) is 16.5 Å². The lowest BCUT2D eigenvalue weighted by Gasteiger charge is -2.14. The molecule has 0 fully saturated rings. The lowest BCUT2D eigenvalue weighted by atomic mass is 10.1. The molecule has 0 saturated carbocycles. The van der Waals surface area contributed by atoms with Crippen LogP contribution in [0.3, 0.4) is 0 Å². The first-order chi connectivity index (χ1) is 16.9. The highest BCUT2D eigenvalue weighted by Gasteiger charge is 2.15. The summed E-state index contributed by atoms with van der Waals surface area (Å²) >= 11 is 1.48. The van der Waals surface area contributed by atoms with Gasteiger partial charge in [-0.1, -0.05) is 13.8 Å². The summed E-state index contributed by atoms with van der Waals surface area (Å²) in [6.07, 6.45) is 0.904. The Morgan fingerprint density at radius 2 is 1.46 bits per heavy atom. The van der Waals surface area contributed by atoms with Crippen molar-refractivity contribution in [1.29, 1.82) is 0 Å². The fraction of sp³-hybridized carbons (Fsp3) is 0.320. The van der Waals surface area contributed by atoms with Crippen molar-refractivity contribution < 1.29 is 28.5 Å². The second-order valence-corrected chi connectivity index (χ2v) is 8.66. The Hall–Kier alpha value is -3.79. The van der Waals surface area contributed by atoms with Gasteiger partial charge in [-0.15, -0.1) is 11.3 Å². The van der Waals surface area contributed by atoms with Crippen molar-refractivity contribution >= 4 is 23.2 Å². The zero-order valence-electron chi connectivity index (χ0n) is 20.1. The summed E-state index contributed by atoms with van der Waals surface area (Å²) < 4.78 is 22.2. The maximum absolute atomic E-state index is 12.6. The summed E-state index contributed by atoms with van der Waals surface area (Å²) in [7, 11) is 2.99. The molecule has 2 amide bonds. The molecular formula is C25H29N3O6S. The molecule has 0 aliphatic heterocycles. The van der Waals surface area contributed by atoms with Gasteiger partial charge in [0.25, 0.3) is 11.8 Å². The predicted molar refractivity (Wildman–Crippen MR) is 132 cm³/mol. The quantitative estimate of drug-likeness (QED) is 0.380. The number of hydrogen-bond acceptors (Lipinski definition) is 8. The van der Waals surface area contributed by atoms with Gasteiger partial charge in [-0.3, -0.25) is 20.4 Å². The van der Waals surface area contributed by atoms with Crippen LogP contribution in [0.2, 0.25) is 0 Å². The Balaban J connectivity index is 1.58. The van der Waals surface area contributed by atoms with Gasteiger partial charge in [-0.2, -0.15) is 0 Å². The molecule has 0 spiro atoms. The summed E-state index contributed by atoms with van der Waals surface area (Å²) in [6, 6.07) is 9.57. The van der Waals surface area contributed by atoms with Crippen LogP contribution >= 0.6 is 11.3 Å². The normalized spacial score (nSPS) is 10.5. The Labute approximate surface area is 208 Å². The van der Waals surface area contributed by atoms with Gasteiger partial charge in [-0.25, -0.2) is 4.98 Å². The molecule has 9 nitrogen and oxygen atoms in total. The van der Waals surface area contributed by atoms with Gasteiger partial charge in [0.15, 0.2) is 23.0 Å². The van der Waals surface area contributed by atoms with E-state index in [0.29, 0.717) is 41.1 Å². The number of ether oxygens (including phenoxy) is 4. The molecule has 1 heterocycles. The Bertz CT molecular complexity index is 1130. The van der Waals surface area contributed by atoms with E-state index in [1.165, 1.54) is 31.6 Å². The van der Waals surface area contributed by atoms with E-state index < -0.39 is 11.8 Å². The highest BCUT2D eigenvalue weighted by atomic mass is 32.1. The largest absolute Gasteiger partial charge is 0.493 e. The van der Waals surface area contributed by atoms with Gasteiger partial charge in [-0.05, 0) is 48.7 Å². The number of carbonyl (C=O) groups excluding carboxylic acids is 2. The van der Waals surface area contributed by atoms with Gasteiger partial charge in [0.1, 0.15) is 6.61 Å². The first-order valence-corrected chi connectivity index (χ1v) is 11.9. The maximum Gasteiger partial charge on any atom is 0.269 e. The van der Waals surface area contributed by atoms with Crippen LogP contribution in [0.1, 0.15) is 46.7 Å². The molecule has 0 saturated heterocycles. The fourth-order valence-electron chi connectivity index (χ4n) is 2.98. The third kappa shape index (κ3) is 7.35. The number of hydrogen-bond donors (Lipinski definition) is 2. The molecule has 0 radical (unpaired) electrons. The number of amides is 2. The summed E-state index contributed by atoms with van der Waals surface area (Å²) in [6.45, 7) is 5.07. The first kappa shape index (κ1) is 25.8. The zero-order chi connectivity index (χ0) is 25.2. The van der Waals surface area contributed by atoms with Gasteiger partial charge in [0.2, 0.25) is 0 Å². The van der Waals surface area contributed by atoms with Crippen LogP contribution in [0.25, 0.3) is 0 Å². The van der Waals surface area contributed by atoms with Crippen molar-refractivity contribution in [3.63, 3.8) is 0 Å². The molecule has 2 aromatic carbocycles. The molecule has 0 aliphatic carbocycles. The fourth-order valence-corrected chi connectivity index (χ4v) is 3.52. The summed E-state index contributed by atoms with van der Waals surface area (Å²) in [5, 5.41) is 1.89. The topological polar surface area (TPSA) is 108 Å². The second-order valence-electron chi connectivity index (χ2n) is 7.94. The third-order valence-corrected chi connectivity index (χ3v) is 5.59. The summed E-state index contributed by atoms with van der Waals surface area (Å²) in [5.74, 6) is 1.36. The number of hydrazine groups is 1. The Kier molecular flexibility index (Phi) is 9.31. The van der Waals surface area contributed by atoms with Crippen LogP contribution < -0.4 is 29.8 Å². The standard InChI is InChI=1S/C25H29N3O6S/c1-16(2)9-10-33-20-7-5-17(11-22(20)31-3)24(29)27-28-25(30)18-6-8-21(23(12-18)32-4)34-13-19-14-35-15-26-19/h5-8,11-12,14-16H,9-10,13H2,1-4H3,(H,27,29)(H,28,30). The number of benzene rings is 2. The van der Waals surface area contributed by atoms with Crippen molar-refractivity contribution in [2.75, 3.05) is 20.8 Å². The van der Waals surface area contributed by atoms with Crippen LogP contribution in [0.15, 0.2) is 47.3 Å². The minimum atomic E-state index is -0.511. The number of aromatic nitrogens is 1. The van der Waals surface area contributed by atoms with Crippen molar-refractivity contribution in [3.05, 3.63) is 64.1 Å². The molecule has 0 atom stereocenters. The molecule has 10 heteroatoms. The zero-order valence-corrected chi connectivity index (χ0v) is 20.9. The van der Waals surface area contributed by atoms with Crippen LogP contribution in [-0.2, 0) is 6.61 Å². The second kappa shape index (κ2) is 12.6. The average Bonchev–Trinajstić information content (AvgIpc) is 3.39. The average molecular weight is 500 g/mol. The van der Waals surface area contributed by atoms with Crippen LogP contribution in [0, 0.1) is 5.92 Å². The molecule has 35 heavy (non-hydrogen) atoms. The van der Waals surface area contributed by atoms with Crippen LogP contribution in [0.4, 0.5) is 0 Å². The van der Waals surface area contributed by atoms with Crippen molar-refractivity contribution in [3.8, 4) is 23.0 Å². The molecule has 0 unspecified atom stereocenters. The lowest BCUT2D eigenvalue weighted by Crippen LogP contribution is -2.41. The SMILES string of the molecule is COc1cc(C(=O)NNC(=O)c2ccc(OCc3cscn3)c(OC)c2)ccc1OCCC(C)C. The molecule has 0 bridgehead atoms. The van der Waals surface area contributed by atoms with Crippen molar-refractivity contribution in [2.24, 2.45) is 5.92 Å². The van der Waals surface area contributed by atoms with Gasteiger partial charge in [0.05, 0.1) is 32.0 Å². The van der Waals surface area contributed by atoms with E-state index in [1.807, 2.05) is 5.38 Å². The summed E-state index contributed by atoms with van der Waals surface area (Å²) in [5.41, 5.74) is 7.93. The van der Waals surface area contributed by atoms with E-state index in [2.05, 4.69) is 29.7 Å². The van der Waals surface area contributed by atoms with E-state index in [0.717, 1.165) is 12.1 Å². The minimum absolute atomic E-state index is 0.284. The van der Waals surface area contributed by atoms with Gasteiger partial charge < -0.3 is 18.9 Å². The number of rotatable bonds is 11. The highest BCUT2D eigenvalue weighted by molar-refractivity contribution is 7.07. The number of nitrogens with one attached hydrogen (secondary N) is 2. The van der Waals surface area contributed by atoms with E-state index in [9.17, 15) is 9.59 Å². The molecule has 2 N–H and O–H groups in total. The van der Waals surface area contributed by atoms with Crippen molar-refractivity contribution in [1.82, 2.24) is 15.8 Å². The van der Waals surface area contributed by atoms with E-state index in [4.69, 9.17) is 18.9 Å². The molecule has 3 aromatic rings. The highest BCUT2D eigenvalue weighted by Crippen LogP contribution is 2.29. The summed E-state index contributed by atoms with van der Waals surface area (Å²) in [4.78, 5) is 29.3. The van der Waals surface area contributed by atoms with Gasteiger partial charge >= 0.3 is 0 Å². The Morgan fingerprint density at radius 1 is 0.886 bits per heavy atom. The third-order valence-electron chi connectivity index (χ3n) is 4.95. The monoisotopic (exact) mass is 499 g/mol.